The van der Waals surface area contributed by atoms with Crippen LogP contribution in [0.25, 0.3) is 31.3 Å². The van der Waals surface area contributed by atoms with Crippen molar-refractivity contribution >= 4 is 65.9 Å². The highest BCUT2D eigenvalue weighted by atomic mass is 32.1. The monoisotopic (exact) mass is 634 g/mol. The van der Waals surface area contributed by atoms with Gasteiger partial charge in [0, 0.05) is 45.5 Å². The maximum absolute atomic E-state index is 14.3. The van der Waals surface area contributed by atoms with Crippen molar-refractivity contribution in [2.45, 2.75) is 27.7 Å². The fraction of sp³-hybridized carbons (Fsp3) is 0.294. The van der Waals surface area contributed by atoms with E-state index in [4.69, 9.17) is 9.68 Å². The van der Waals surface area contributed by atoms with Gasteiger partial charge in [0.05, 0.1) is 13.1 Å². The molecule has 0 atom stereocenters. The van der Waals surface area contributed by atoms with Crippen LogP contribution in [0.5, 0.6) is 0 Å². The van der Waals surface area contributed by atoms with Crippen LogP contribution in [0.15, 0.2) is 71.5 Å². The maximum atomic E-state index is 14.3. The van der Waals surface area contributed by atoms with E-state index < -0.39 is 22.8 Å². The van der Waals surface area contributed by atoms with E-state index in [1.54, 1.807) is 34.8 Å². The largest absolute Gasteiger partial charge is 0.364 e. The molecule has 0 aliphatic carbocycles. The summed E-state index contributed by atoms with van der Waals surface area (Å²) < 4.78 is 30.7. The summed E-state index contributed by atoms with van der Waals surface area (Å²) in [6.07, 6.45) is 6.01. The van der Waals surface area contributed by atoms with Gasteiger partial charge < -0.3 is 9.68 Å². The molecule has 0 fully saturated rings. The van der Waals surface area contributed by atoms with E-state index in [2.05, 4.69) is 0 Å². The zero-order valence-corrected chi connectivity index (χ0v) is 26.5. The van der Waals surface area contributed by atoms with Crippen molar-refractivity contribution < 1.29 is 28.0 Å². The number of rotatable bonds is 6. The Morgan fingerprint density at radius 2 is 1.14 bits per heavy atom. The standard InChI is InChI=1S/C34H32F2N2O4S2/c1-33(2)19-37(11-7-27(33)25-17-23(35)15-21-9-13-43-31(21)25)41-29(39)5-6-30(40)42-38-12-8-28(34(3,4)20-38)26-18-24(36)16-22-10-14-44-32(22)26/h5-10,13-18H,11-12,19-20H2,1-4H3/b6-5+. The van der Waals surface area contributed by atoms with Crippen molar-refractivity contribution in [1.29, 1.82) is 0 Å². The maximum Gasteiger partial charge on any atom is 0.349 e. The summed E-state index contributed by atoms with van der Waals surface area (Å²) in [6.45, 7) is 9.53. The van der Waals surface area contributed by atoms with Crippen LogP contribution in [0, 0.1) is 22.5 Å². The Kier molecular flexibility index (Phi) is 8.04. The lowest BCUT2D eigenvalue weighted by Crippen LogP contribution is -2.40. The van der Waals surface area contributed by atoms with Gasteiger partial charge in [-0.05, 0) is 80.2 Å². The molecule has 2 aromatic carbocycles. The summed E-state index contributed by atoms with van der Waals surface area (Å²) in [6, 6.07) is 10.0. The second kappa shape index (κ2) is 11.7. The van der Waals surface area contributed by atoms with Crippen molar-refractivity contribution in [3.63, 3.8) is 0 Å². The topological polar surface area (TPSA) is 59.1 Å². The second-order valence-electron chi connectivity index (χ2n) is 12.4. The SMILES string of the molecule is CC1(C)CN(OC(=O)/C=C/C(=O)ON2CC=C(c3cc(F)cc4ccsc34)C(C)(C)C2)CC=C1c1cc(F)cc2ccsc12. The van der Waals surface area contributed by atoms with Gasteiger partial charge in [0.1, 0.15) is 11.6 Å². The number of hydroxylamine groups is 4. The Morgan fingerprint density at radius 3 is 1.52 bits per heavy atom. The predicted octanol–water partition coefficient (Wildman–Crippen LogP) is 8.02. The van der Waals surface area contributed by atoms with Crippen molar-refractivity contribution in [2.75, 3.05) is 26.2 Å². The molecule has 44 heavy (non-hydrogen) atoms. The number of nitrogens with zero attached hydrogens (tertiary/aromatic N) is 2. The van der Waals surface area contributed by atoms with Gasteiger partial charge in [0.15, 0.2) is 0 Å². The number of carbonyl (C=O) groups is 2. The van der Waals surface area contributed by atoms with Gasteiger partial charge >= 0.3 is 11.9 Å². The van der Waals surface area contributed by atoms with Crippen molar-refractivity contribution in [3.05, 3.63) is 94.2 Å². The zero-order chi connectivity index (χ0) is 31.2. The van der Waals surface area contributed by atoms with Gasteiger partial charge in [-0.25, -0.2) is 18.4 Å². The van der Waals surface area contributed by atoms with Crippen molar-refractivity contribution in [2.24, 2.45) is 10.8 Å². The van der Waals surface area contributed by atoms with E-state index in [0.717, 1.165) is 54.6 Å². The quantitative estimate of drug-likeness (QED) is 0.200. The van der Waals surface area contributed by atoms with E-state index in [9.17, 15) is 18.4 Å². The molecule has 4 heterocycles. The zero-order valence-electron chi connectivity index (χ0n) is 24.9. The summed E-state index contributed by atoms with van der Waals surface area (Å²) in [7, 11) is 0. The number of hydrogen-bond acceptors (Lipinski definition) is 8. The number of hydrogen-bond donors (Lipinski definition) is 0. The van der Waals surface area contributed by atoms with Crippen LogP contribution in [0.4, 0.5) is 8.78 Å². The van der Waals surface area contributed by atoms with Crippen LogP contribution in [0.3, 0.4) is 0 Å². The summed E-state index contributed by atoms with van der Waals surface area (Å²) in [5.41, 5.74) is 2.84. The molecule has 2 aliphatic heterocycles. The first-order valence-corrected chi connectivity index (χ1v) is 16.0. The van der Waals surface area contributed by atoms with Crippen LogP contribution >= 0.6 is 22.7 Å². The molecule has 2 aliphatic rings. The third kappa shape index (κ3) is 6.12. The first kappa shape index (κ1) is 30.3. The van der Waals surface area contributed by atoms with Crippen LogP contribution in [0.1, 0.15) is 38.8 Å². The van der Waals surface area contributed by atoms with Gasteiger partial charge in [-0.15, -0.1) is 32.8 Å². The number of halogens is 2. The fourth-order valence-corrected chi connectivity index (χ4v) is 7.97. The molecule has 0 radical (unpaired) electrons. The minimum Gasteiger partial charge on any atom is -0.364 e. The number of thiophene rings is 2. The van der Waals surface area contributed by atoms with E-state index in [1.807, 2.05) is 62.7 Å². The number of benzene rings is 2. The Bertz CT molecular complexity index is 1730. The lowest BCUT2D eigenvalue weighted by Gasteiger charge is -2.37. The molecular formula is C34H32F2N2O4S2. The van der Waals surface area contributed by atoms with Crippen LogP contribution in [0.2, 0.25) is 0 Å². The summed E-state index contributed by atoms with van der Waals surface area (Å²) >= 11 is 3.14. The molecule has 0 saturated carbocycles. The molecule has 228 valence electrons. The molecule has 0 unspecified atom stereocenters. The van der Waals surface area contributed by atoms with Crippen molar-refractivity contribution in [3.8, 4) is 0 Å². The molecule has 0 spiro atoms. The van der Waals surface area contributed by atoms with Gasteiger partial charge in [0.2, 0.25) is 0 Å². The van der Waals surface area contributed by atoms with E-state index >= 15 is 0 Å². The molecule has 6 nitrogen and oxygen atoms in total. The minimum absolute atomic E-state index is 0.288. The molecule has 0 saturated heterocycles. The first-order valence-electron chi connectivity index (χ1n) is 14.3. The highest BCUT2D eigenvalue weighted by Crippen LogP contribution is 2.44. The Hall–Kier alpha value is -3.70. The molecule has 6 rings (SSSR count). The summed E-state index contributed by atoms with van der Waals surface area (Å²) in [4.78, 5) is 36.2. The first-order chi connectivity index (χ1) is 20.9. The molecule has 0 N–H and O–H groups in total. The lowest BCUT2D eigenvalue weighted by molar-refractivity contribution is -0.189. The lowest BCUT2D eigenvalue weighted by atomic mass is 9.78. The molecule has 0 bridgehead atoms. The minimum atomic E-state index is -0.701. The summed E-state index contributed by atoms with van der Waals surface area (Å²) in [5, 5.41) is 8.69. The summed E-state index contributed by atoms with van der Waals surface area (Å²) in [5.74, 6) is -1.98. The van der Waals surface area contributed by atoms with Crippen LogP contribution in [-0.2, 0) is 19.3 Å². The Balaban J connectivity index is 1.07. The van der Waals surface area contributed by atoms with Gasteiger partial charge in [-0.2, -0.15) is 0 Å². The van der Waals surface area contributed by atoms with Gasteiger partial charge in [-0.3, -0.25) is 0 Å². The number of fused-ring (bicyclic) bond motifs is 2. The Labute approximate surface area is 262 Å². The molecular weight excluding hydrogens is 603 g/mol. The van der Waals surface area contributed by atoms with Gasteiger partial charge in [-0.1, -0.05) is 39.8 Å². The van der Waals surface area contributed by atoms with E-state index in [-0.39, 0.29) is 11.6 Å². The highest BCUT2D eigenvalue weighted by molar-refractivity contribution is 7.17. The second-order valence-corrected chi connectivity index (χ2v) is 14.2. The van der Waals surface area contributed by atoms with E-state index in [1.165, 1.54) is 22.3 Å². The van der Waals surface area contributed by atoms with Crippen LogP contribution < -0.4 is 0 Å². The highest BCUT2D eigenvalue weighted by Gasteiger charge is 2.35. The Morgan fingerprint density at radius 1 is 0.727 bits per heavy atom. The third-order valence-corrected chi connectivity index (χ3v) is 9.93. The smallest absolute Gasteiger partial charge is 0.349 e. The van der Waals surface area contributed by atoms with Crippen molar-refractivity contribution in [1.82, 2.24) is 10.1 Å². The van der Waals surface area contributed by atoms with E-state index in [0.29, 0.717) is 26.2 Å². The average Bonchev–Trinajstić information content (AvgIpc) is 3.60. The normalized spacial score (nSPS) is 18.9. The molecule has 2 aromatic heterocycles. The number of carbonyl (C=O) groups excluding carboxylic acids is 2. The predicted molar refractivity (Wildman–Crippen MR) is 172 cm³/mol. The average molecular weight is 635 g/mol. The molecule has 0 amide bonds. The van der Waals surface area contributed by atoms with Gasteiger partial charge in [0.25, 0.3) is 0 Å². The van der Waals surface area contributed by atoms with Crippen LogP contribution in [-0.4, -0.2) is 48.2 Å². The fourth-order valence-electron chi connectivity index (χ4n) is 6.15. The third-order valence-electron chi connectivity index (χ3n) is 8.01. The molecule has 10 heteroatoms. The molecule has 4 aromatic rings.